The van der Waals surface area contributed by atoms with Crippen molar-refractivity contribution >= 4 is 0 Å². The lowest BCUT2D eigenvalue weighted by Crippen LogP contribution is -2.62. The number of hydrogen-bond acceptors (Lipinski definition) is 9. The van der Waals surface area contributed by atoms with E-state index >= 15 is 0 Å². The zero-order valence-corrected chi connectivity index (χ0v) is 17.6. The Morgan fingerprint density at radius 2 is 1.52 bits per heavy atom. The summed E-state index contributed by atoms with van der Waals surface area (Å²) in [4.78, 5) is 0. The van der Waals surface area contributed by atoms with Crippen LogP contribution in [0.5, 0.6) is 0 Å². The molecule has 4 fully saturated rings. The molecule has 2 aliphatic carbocycles. The molecule has 0 bridgehead atoms. The van der Waals surface area contributed by atoms with Gasteiger partial charge < -0.3 is 50.0 Å². The average Bonchev–Trinajstić information content (AvgIpc) is 2.75. The fourth-order valence-corrected chi connectivity index (χ4v) is 5.85. The van der Waals surface area contributed by atoms with Gasteiger partial charge in [-0.1, -0.05) is 0 Å². The second-order valence-electron chi connectivity index (χ2n) is 9.74. The Kier molecular flexibility index (Phi) is 7.54. The van der Waals surface area contributed by atoms with Gasteiger partial charge >= 0.3 is 0 Å². The molecule has 2 aliphatic heterocycles. The van der Waals surface area contributed by atoms with E-state index in [2.05, 4.69) is 0 Å². The molecule has 2 saturated heterocycles. The van der Waals surface area contributed by atoms with Crippen LogP contribution < -0.4 is 0 Å². The molecular formula is C21H37O10+. The average molecular weight is 450 g/mol. The molecule has 8 N–H and O–H groups in total. The van der Waals surface area contributed by atoms with Gasteiger partial charge in [0.05, 0.1) is 30.8 Å². The Hall–Kier alpha value is -0.400. The van der Waals surface area contributed by atoms with E-state index in [9.17, 15) is 35.7 Å². The predicted octanol–water partition coefficient (Wildman–Crippen LogP) is -2.48. The molecule has 6 unspecified atom stereocenters. The number of aliphatic hydroxyl groups excluding tert-OH is 7. The minimum Gasteiger partial charge on any atom is -0.427 e. The molecule has 31 heavy (non-hydrogen) atoms. The summed E-state index contributed by atoms with van der Waals surface area (Å²) < 4.78 is 16.3. The topological polar surface area (TPSA) is 173 Å². The fraction of sp³-hybridized carbons (Fsp3) is 1.00. The summed E-state index contributed by atoms with van der Waals surface area (Å²) in [7, 11) is 0. The van der Waals surface area contributed by atoms with Gasteiger partial charge in [-0.05, 0) is 32.1 Å². The standard InChI is InChI=1S/C21H36O10/c22-8-16-17(26)18(27)19(28)21(31-16)30-15-6-11(24)5-14-12(15)7-13(25)20(29-14)9-1-3-10(23)4-2-9/h9-28H,1-8H2/p+1/t9?,10?,11?,12?,13?,14?,15?,16-,17-,18-,19-,20?,21-/m1/s1. The number of fused-ring (bicyclic) bond motifs is 1. The molecule has 180 valence electrons. The monoisotopic (exact) mass is 449 g/mol. The van der Waals surface area contributed by atoms with Crippen LogP contribution in [0.15, 0.2) is 0 Å². The second kappa shape index (κ2) is 9.84. The van der Waals surface area contributed by atoms with Crippen LogP contribution >= 0.6 is 0 Å². The third-order valence-electron chi connectivity index (χ3n) is 7.64. The molecule has 2 heterocycles. The number of rotatable bonds is 4. The van der Waals surface area contributed by atoms with E-state index in [1.54, 1.807) is 0 Å². The first-order valence-electron chi connectivity index (χ1n) is 11.5. The summed E-state index contributed by atoms with van der Waals surface area (Å²) in [5, 5.41) is 70.7. The molecule has 10 heteroatoms. The maximum Gasteiger partial charge on any atom is 0.186 e. The molecule has 4 aliphatic rings. The second-order valence-corrected chi connectivity index (χ2v) is 9.74. The first-order valence-corrected chi connectivity index (χ1v) is 11.5. The van der Waals surface area contributed by atoms with Crippen LogP contribution in [-0.2, 0) is 9.47 Å². The maximum absolute atomic E-state index is 10.9. The molecule has 0 amide bonds. The summed E-state index contributed by atoms with van der Waals surface area (Å²) in [6.45, 7) is -0.546. The highest BCUT2D eigenvalue weighted by Crippen LogP contribution is 2.41. The molecular weight excluding hydrogens is 412 g/mol. The predicted molar refractivity (Wildman–Crippen MR) is 106 cm³/mol. The van der Waals surface area contributed by atoms with Gasteiger partial charge in [-0.15, -0.1) is 0 Å². The van der Waals surface area contributed by atoms with Crippen molar-refractivity contribution in [1.82, 2.24) is 0 Å². The normalized spacial score (nSPS) is 53.7. The Balaban J connectivity index is 1.43. The zero-order valence-electron chi connectivity index (χ0n) is 17.6. The number of aliphatic hydroxyl groups is 9. The van der Waals surface area contributed by atoms with Gasteiger partial charge in [-0.3, -0.25) is 0 Å². The molecule has 2 saturated carbocycles. The molecule has 0 radical (unpaired) electrons. The maximum atomic E-state index is 10.9. The van der Waals surface area contributed by atoms with Gasteiger partial charge in [0, 0.05) is 18.8 Å². The van der Waals surface area contributed by atoms with E-state index in [-0.39, 0.29) is 36.6 Å². The van der Waals surface area contributed by atoms with Crippen LogP contribution in [-0.4, -0.2) is 114 Å². The van der Waals surface area contributed by atoms with Gasteiger partial charge in [-0.2, -0.15) is 0 Å². The lowest BCUT2D eigenvalue weighted by atomic mass is 9.73. The van der Waals surface area contributed by atoms with Crippen LogP contribution in [0.4, 0.5) is 0 Å². The Morgan fingerprint density at radius 3 is 2.19 bits per heavy atom. The highest BCUT2D eigenvalue weighted by molar-refractivity contribution is 4.97. The van der Waals surface area contributed by atoms with E-state index < -0.39 is 55.6 Å². The van der Waals surface area contributed by atoms with Gasteiger partial charge in [0.2, 0.25) is 0 Å². The van der Waals surface area contributed by atoms with Crippen LogP contribution in [0.25, 0.3) is 0 Å². The van der Waals surface area contributed by atoms with Gasteiger partial charge in [-0.25, -0.2) is 0 Å². The first-order chi connectivity index (χ1) is 14.8. The smallest absolute Gasteiger partial charge is 0.186 e. The van der Waals surface area contributed by atoms with Gasteiger partial charge in [0.1, 0.15) is 30.5 Å². The number of hydrogen-bond donors (Lipinski definition) is 7. The minimum atomic E-state index is -1.53. The molecule has 11 atom stereocenters. The third kappa shape index (κ3) is 4.93. The Labute approximate surface area is 181 Å². The lowest BCUT2D eigenvalue weighted by Gasteiger charge is -2.48. The van der Waals surface area contributed by atoms with Crippen molar-refractivity contribution in [3.8, 4) is 0 Å². The van der Waals surface area contributed by atoms with Crippen molar-refractivity contribution in [2.24, 2.45) is 11.8 Å². The van der Waals surface area contributed by atoms with E-state index in [4.69, 9.17) is 14.2 Å². The van der Waals surface area contributed by atoms with Crippen molar-refractivity contribution in [3.05, 3.63) is 0 Å². The van der Waals surface area contributed by atoms with E-state index in [1.165, 1.54) is 0 Å². The van der Waals surface area contributed by atoms with E-state index in [0.717, 1.165) is 12.8 Å². The minimum absolute atomic E-state index is 0.184. The summed E-state index contributed by atoms with van der Waals surface area (Å²) >= 11 is 0. The van der Waals surface area contributed by atoms with E-state index in [0.29, 0.717) is 25.7 Å². The molecule has 4 rings (SSSR count). The van der Waals surface area contributed by atoms with Crippen LogP contribution in [0.1, 0.15) is 44.9 Å². The summed E-state index contributed by atoms with van der Waals surface area (Å²) in [6, 6.07) is 0. The summed E-state index contributed by atoms with van der Waals surface area (Å²) in [5.41, 5.74) is 0. The Bertz CT molecular complexity index is 583. The highest BCUT2D eigenvalue weighted by Gasteiger charge is 2.53. The van der Waals surface area contributed by atoms with E-state index in [1.807, 2.05) is 0 Å². The largest absolute Gasteiger partial charge is 0.427 e. The fourth-order valence-electron chi connectivity index (χ4n) is 5.85. The van der Waals surface area contributed by atoms with Crippen LogP contribution in [0, 0.1) is 11.8 Å². The van der Waals surface area contributed by atoms with Gasteiger partial charge in [0.25, 0.3) is 0 Å². The Morgan fingerprint density at radius 1 is 0.806 bits per heavy atom. The summed E-state index contributed by atoms with van der Waals surface area (Å²) in [5.74, 6) is 0.0273. The van der Waals surface area contributed by atoms with Crippen LogP contribution in [0.2, 0.25) is 0 Å². The third-order valence-corrected chi connectivity index (χ3v) is 7.64. The molecule has 0 spiro atoms. The first kappa shape index (κ1) is 23.7. The van der Waals surface area contributed by atoms with Crippen LogP contribution in [0.3, 0.4) is 0 Å². The zero-order chi connectivity index (χ0) is 22.3. The van der Waals surface area contributed by atoms with Crippen molar-refractivity contribution in [2.45, 2.75) is 112 Å². The van der Waals surface area contributed by atoms with Crippen molar-refractivity contribution in [2.75, 3.05) is 6.61 Å². The van der Waals surface area contributed by atoms with Crippen molar-refractivity contribution in [3.63, 3.8) is 0 Å². The van der Waals surface area contributed by atoms with Gasteiger partial charge in [0.15, 0.2) is 18.5 Å². The lowest BCUT2D eigenvalue weighted by molar-refractivity contribution is -0.341. The van der Waals surface area contributed by atoms with Crippen molar-refractivity contribution in [1.29, 1.82) is 0 Å². The SMILES string of the molecule is OC[C@H]1O[C@@H](OC2CC(O)CC3[OH+]C(C4CCC(O)CC4)C(O)CC23)[C@H](O)[C@H](O)[C@@H]1O. The quantitative estimate of drug-likeness (QED) is 0.229. The summed E-state index contributed by atoms with van der Waals surface area (Å²) in [6.07, 6.45) is -5.22. The molecule has 0 aromatic carbocycles. The highest BCUT2D eigenvalue weighted by atomic mass is 16.7. The molecule has 0 aromatic heterocycles. The van der Waals surface area contributed by atoms with Crippen molar-refractivity contribution < 1.29 is 50.0 Å². The molecule has 10 nitrogen and oxygen atoms in total. The molecule has 0 aromatic rings. The number of ether oxygens (including phenoxy) is 3.